The number of carbonyl (C=O) groups is 12. The average Bonchev–Trinajstić information content (AvgIpc) is 1.51. The van der Waals surface area contributed by atoms with Crippen LogP contribution in [0.25, 0.3) is 22.5 Å². The van der Waals surface area contributed by atoms with Crippen molar-refractivity contribution in [3.8, 4) is 22.5 Å². The van der Waals surface area contributed by atoms with E-state index in [-0.39, 0.29) is 238 Å². The number of aromatic nitrogens is 3. The fourth-order valence-electron chi connectivity index (χ4n) is 12.2. The fraction of sp³-hybridized carbons (Fsp3) is 0.639. The monoisotopic (exact) mass is 1570 g/mol. The predicted molar refractivity (Wildman–Crippen MR) is 395 cm³/mol. The van der Waals surface area contributed by atoms with Gasteiger partial charge in [0.2, 0.25) is 29.5 Å². The summed E-state index contributed by atoms with van der Waals surface area (Å²) in [6, 6.07) is 13.6. The number of hydrogen-bond acceptors (Lipinski definition) is 24. The smallest absolute Gasteiger partial charge is 0.328 e. The van der Waals surface area contributed by atoms with E-state index in [0.717, 1.165) is 16.8 Å². The summed E-state index contributed by atoms with van der Waals surface area (Å²) in [5.74, 6) is -10.6. The van der Waals surface area contributed by atoms with Crippen molar-refractivity contribution in [2.45, 2.75) is 122 Å². The first kappa shape index (κ1) is 91.9. The molecule has 2 aliphatic rings. The lowest BCUT2D eigenvalue weighted by Crippen LogP contribution is -2.49. The number of anilines is 1. The van der Waals surface area contributed by atoms with Crippen LogP contribution in [0.15, 0.2) is 48.5 Å². The molecule has 2 unspecified atom stereocenters. The Hall–Kier alpha value is -8.75. The van der Waals surface area contributed by atoms with Gasteiger partial charge in [0, 0.05) is 135 Å². The van der Waals surface area contributed by atoms with E-state index in [9.17, 15) is 92.5 Å². The molecule has 3 heterocycles. The Labute approximate surface area is 638 Å². The van der Waals surface area contributed by atoms with E-state index in [1.165, 1.54) is 0 Å². The molecule has 0 radical (unpaired) electrons. The number of aliphatic carboxylic acids is 6. The zero-order valence-electron chi connectivity index (χ0n) is 62.6. The molecule has 2 aromatic carbocycles. The SMILES string of the molecule is CC(CCC(=O)O)CP(=O)(O)OCCC[C@H](NC(=O)CC[C@H](CC(=O)CCCCCNC(=O)CCOCCOCCOCCOCCNC(=O)CCC(=O)N1Cc2ccccc2-c2c(nnn2CCCNC(=O)CN2CCN(CC(=O)O)CCN(CC(=O)O)CCN(CC(=O)O)CC2)-c2ccccc21)C(=O)O)C(=O)O. The molecule has 2 aliphatic heterocycles. The molecule has 612 valence electrons. The third-order valence-electron chi connectivity index (χ3n) is 18.0. The van der Waals surface area contributed by atoms with Crippen molar-refractivity contribution in [2.75, 3.05) is 169 Å². The van der Waals surface area contributed by atoms with Gasteiger partial charge in [0.05, 0.1) is 116 Å². The minimum Gasteiger partial charge on any atom is -0.481 e. The molecule has 3 aromatic rings. The van der Waals surface area contributed by atoms with Crippen molar-refractivity contribution >= 4 is 84.4 Å². The number of para-hydroxylation sites is 1. The van der Waals surface area contributed by atoms with Crippen molar-refractivity contribution in [2.24, 2.45) is 11.8 Å². The number of fused-ring (bicyclic) bond motifs is 5. The van der Waals surface area contributed by atoms with E-state index in [1.54, 1.807) is 31.2 Å². The van der Waals surface area contributed by atoms with Crippen molar-refractivity contribution in [1.29, 1.82) is 0 Å². The number of aryl methyl sites for hydroxylation is 1. The largest absolute Gasteiger partial charge is 0.481 e. The quantitative estimate of drug-likeness (QED) is 0.0284. The highest BCUT2D eigenvalue weighted by molar-refractivity contribution is 7.52. The summed E-state index contributed by atoms with van der Waals surface area (Å²) >= 11 is 0. The second-order valence-corrected chi connectivity index (χ2v) is 28.9. The van der Waals surface area contributed by atoms with Crippen molar-refractivity contribution in [3.05, 3.63) is 54.1 Å². The van der Waals surface area contributed by atoms with Crippen LogP contribution in [0.2, 0.25) is 0 Å². The molecule has 5 rings (SSSR count). The Kier molecular flexibility index (Phi) is 42.5. The van der Waals surface area contributed by atoms with E-state index >= 15 is 0 Å². The van der Waals surface area contributed by atoms with Gasteiger partial charge >= 0.3 is 43.4 Å². The number of nitrogens with one attached hydrogen (secondary N) is 4. The third-order valence-corrected chi connectivity index (χ3v) is 19.7. The molecule has 11 N–H and O–H groups in total. The lowest BCUT2D eigenvalue weighted by molar-refractivity contribution is -0.145. The van der Waals surface area contributed by atoms with Gasteiger partial charge in [-0.15, -0.1) is 5.10 Å². The van der Waals surface area contributed by atoms with Gasteiger partial charge in [0.25, 0.3) is 0 Å². The van der Waals surface area contributed by atoms with Crippen molar-refractivity contribution in [1.82, 2.24) is 55.9 Å². The standard InChI is InChI=1S/C72H109N12O25P/c1-52(17-22-65(91)92)51-110(103,104)109-36-9-15-58(72(101)102)76-62(88)19-18-53(71(99)100)45-55(85)12-3-2-8-24-73-61(87)23-37-105-39-41-107-43-44-108-42-40-106-38-26-75-60(86)20-21-64(90)83-46-54-11-4-5-13-56(54)70-69(57-14-6-7-16-59(57)83)77-78-84(70)27-10-25-74-63(89)47-79-28-30-80(48-66(93)94)32-34-82(50-68(97)98)35-33-81(31-29-79)49-67(95)96/h4-7,11,13-14,16,52-53,58H,2-3,8-10,12,15,17-51H2,1H3,(H,73,87)(H,74,89)(H,75,86)(H,76,88)(H,91,92)(H,93,94)(H,95,96)(H,97,98)(H,99,100)(H,101,102)(H,103,104)/t52?,53-,58+/m1/s1. The molecule has 0 aliphatic carbocycles. The molecule has 1 saturated heterocycles. The number of hydrogen-bond donors (Lipinski definition) is 11. The highest BCUT2D eigenvalue weighted by atomic mass is 31.2. The lowest BCUT2D eigenvalue weighted by Gasteiger charge is -2.32. The van der Waals surface area contributed by atoms with Crippen LogP contribution in [-0.4, -0.2) is 311 Å². The van der Waals surface area contributed by atoms with E-state index < -0.39 is 67.2 Å². The van der Waals surface area contributed by atoms with Crippen LogP contribution in [0.4, 0.5) is 5.69 Å². The molecule has 0 saturated carbocycles. The highest BCUT2D eigenvalue weighted by Crippen LogP contribution is 2.45. The van der Waals surface area contributed by atoms with Crippen LogP contribution in [-0.2, 0) is 98.7 Å². The minimum atomic E-state index is -4.07. The molecule has 110 heavy (non-hydrogen) atoms. The number of ketones is 1. The van der Waals surface area contributed by atoms with Crippen LogP contribution in [0, 0.1) is 11.8 Å². The summed E-state index contributed by atoms with van der Waals surface area (Å²) in [5, 5.41) is 76.8. The molecule has 0 spiro atoms. The number of benzene rings is 2. The van der Waals surface area contributed by atoms with E-state index in [0.29, 0.717) is 82.0 Å². The lowest BCUT2D eigenvalue weighted by atomic mass is 9.94. The summed E-state index contributed by atoms with van der Waals surface area (Å²) in [5.41, 5.74) is 4.16. The summed E-state index contributed by atoms with van der Waals surface area (Å²) in [7, 11) is -4.07. The molecule has 38 heteroatoms. The van der Waals surface area contributed by atoms with Crippen LogP contribution in [0.5, 0.6) is 0 Å². The topological polar surface area (TPSA) is 505 Å². The summed E-state index contributed by atoms with van der Waals surface area (Å²) in [6.07, 6.45) is 0.783. The van der Waals surface area contributed by atoms with Gasteiger partial charge in [-0.2, -0.15) is 0 Å². The predicted octanol–water partition coefficient (Wildman–Crippen LogP) is 1.96. The molecule has 0 bridgehead atoms. The fourth-order valence-corrected chi connectivity index (χ4v) is 13.7. The van der Waals surface area contributed by atoms with Gasteiger partial charge in [-0.3, -0.25) is 76.9 Å². The summed E-state index contributed by atoms with van der Waals surface area (Å²) in [4.78, 5) is 166. The van der Waals surface area contributed by atoms with Gasteiger partial charge in [-0.25, -0.2) is 9.48 Å². The molecule has 37 nitrogen and oxygen atoms in total. The van der Waals surface area contributed by atoms with Gasteiger partial charge < -0.3 is 85.2 Å². The highest BCUT2D eigenvalue weighted by Gasteiger charge is 2.32. The number of carboxylic acid groups (broad SMARTS) is 6. The third kappa shape index (κ3) is 37.3. The Morgan fingerprint density at radius 1 is 0.500 bits per heavy atom. The van der Waals surface area contributed by atoms with Crippen LogP contribution in [0.3, 0.4) is 0 Å². The van der Waals surface area contributed by atoms with Gasteiger partial charge in [-0.05, 0) is 62.5 Å². The molecule has 4 atom stereocenters. The number of amides is 5. The van der Waals surface area contributed by atoms with Crippen molar-refractivity contribution < 1.29 is 121 Å². The molecular weight excluding hydrogens is 1460 g/mol. The first-order valence-electron chi connectivity index (χ1n) is 37.2. The van der Waals surface area contributed by atoms with Gasteiger partial charge in [-0.1, -0.05) is 61.0 Å². The zero-order valence-corrected chi connectivity index (χ0v) is 63.4. The molecule has 1 fully saturated rings. The number of carboxylic acids is 6. The maximum Gasteiger partial charge on any atom is 0.328 e. The first-order valence-corrected chi connectivity index (χ1v) is 38.9. The van der Waals surface area contributed by atoms with Crippen LogP contribution < -0.4 is 26.2 Å². The number of unbranched alkanes of at least 4 members (excludes halogenated alkanes) is 2. The Balaban J connectivity index is 0.890. The molecule has 1 aromatic heterocycles. The van der Waals surface area contributed by atoms with E-state index in [2.05, 4.69) is 31.6 Å². The van der Waals surface area contributed by atoms with E-state index in [4.69, 9.17) is 28.6 Å². The maximum absolute atomic E-state index is 14.1. The second kappa shape index (κ2) is 50.9. The zero-order chi connectivity index (χ0) is 80.2. The Morgan fingerprint density at radius 3 is 1.63 bits per heavy atom. The number of Topliss-reactive ketones (excluding diaryl/α,β-unsaturated/α-hetero) is 1. The number of rotatable bonds is 54. The summed E-state index contributed by atoms with van der Waals surface area (Å²) in [6.45, 7) is 6.03. The molecule has 5 amide bonds. The van der Waals surface area contributed by atoms with Crippen LogP contribution in [0.1, 0.15) is 109 Å². The Morgan fingerprint density at radius 2 is 1.04 bits per heavy atom. The second-order valence-electron chi connectivity index (χ2n) is 27.0. The summed E-state index contributed by atoms with van der Waals surface area (Å²) < 4.78 is 41.3. The Bertz CT molecular complexity index is 3480. The maximum atomic E-state index is 14.1. The number of carbonyl (C=O) groups excluding carboxylic acids is 6. The number of nitrogens with zero attached hydrogens (tertiary/aromatic N) is 8. The average molecular weight is 1570 g/mol. The first-order chi connectivity index (χ1) is 52.7. The van der Waals surface area contributed by atoms with Crippen molar-refractivity contribution in [3.63, 3.8) is 0 Å². The molecular formula is C72H109N12O25P. The van der Waals surface area contributed by atoms with Crippen LogP contribution >= 0.6 is 7.60 Å². The normalized spacial score (nSPS) is 15.3. The number of ether oxygens (including phenoxy) is 4. The minimum absolute atomic E-state index is 0.0114. The van der Waals surface area contributed by atoms with E-state index in [1.807, 2.05) is 53.4 Å². The van der Waals surface area contributed by atoms with Gasteiger partial charge in [0.1, 0.15) is 17.5 Å². The van der Waals surface area contributed by atoms with Gasteiger partial charge in [0.15, 0.2) is 0 Å².